The maximum atomic E-state index is 11.8. The fourth-order valence-electron chi connectivity index (χ4n) is 1.34. The monoisotopic (exact) mass is 242 g/mol. The van der Waals surface area contributed by atoms with Gasteiger partial charge in [0.15, 0.2) is 9.84 Å². The van der Waals surface area contributed by atoms with E-state index in [4.69, 9.17) is 11.5 Å². The Hall–Kier alpha value is -1.56. The summed E-state index contributed by atoms with van der Waals surface area (Å²) < 4.78 is 23.6. The first kappa shape index (κ1) is 12.5. The van der Waals surface area contributed by atoms with Gasteiger partial charge >= 0.3 is 0 Å². The number of primary amides is 1. The van der Waals surface area contributed by atoms with Crippen molar-refractivity contribution in [2.45, 2.75) is 18.2 Å². The quantitative estimate of drug-likeness (QED) is 0.752. The first-order valence-corrected chi connectivity index (χ1v) is 6.46. The van der Waals surface area contributed by atoms with Gasteiger partial charge in [-0.15, -0.1) is 0 Å². The molecule has 0 spiro atoms. The van der Waals surface area contributed by atoms with E-state index in [1.165, 1.54) is 18.2 Å². The molecule has 0 aliphatic carbocycles. The van der Waals surface area contributed by atoms with Crippen molar-refractivity contribution < 1.29 is 13.2 Å². The van der Waals surface area contributed by atoms with Gasteiger partial charge in [-0.2, -0.15) is 0 Å². The van der Waals surface area contributed by atoms with Gasteiger partial charge in [-0.05, 0) is 24.6 Å². The molecule has 0 bridgehead atoms. The van der Waals surface area contributed by atoms with Crippen LogP contribution in [0.4, 0.5) is 5.69 Å². The highest BCUT2D eigenvalue weighted by Gasteiger charge is 2.18. The van der Waals surface area contributed by atoms with E-state index in [1.54, 1.807) is 6.92 Å². The molecule has 1 aromatic carbocycles. The molecule has 6 heteroatoms. The van der Waals surface area contributed by atoms with E-state index in [1.807, 2.05) is 0 Å². The molecule has 5 nitrogen and oxygen atoms in total. The molecule has 0 aliphatic heterocycles. The topological polar surface area (TPSA) is 103 Å². The van der Waals surface area contributed by atoms with Crippen molar-refractivity contribution in [1.82, 2.24) is 0 Å². The van der Waals surface area contributed by atoms with Crippen LogP contribution in [0.2, 0.25) is 0 Å². The third kappa shape index (κ3) is 2.52. The van der Waals surface area contributed by atoms with Crippen molar-refractivity contribution >= 4 is 21.4 Å². The number of anilines is 1. The van der Waals surface area contributed by atoms with Gasteiger partial charge in [0.05, 0.1) is 16.3 Å². The van der Waals surface area contributed by atoms with Crippen LogP contribution >= 0.6 is 0 Å². The second-order valence-electron chi connectivity index (χ2n) is 3.44. The molecule has 0 fully saturated rings. The summed E-state index contributed by atoms with van der Waals surface area (Å²) >= 11 is 0. The smallest absolute Gasteiger partial charge is 0.248 e. The zero-order valence-electron chi connectivity index (χ0n) is 8.93. The van der Waals surface area contributed by atoms with E-state index in [-0.39, 0.29) is 21.9 Å². The first-order valence-electron chi connectivity index (χ1n) is 4.80. The number of hydrogen-bond donors (Lipinski definition) is 2. The van der Waals surface area contributed by atoms with E-state index in [2.05, 4.69) is 0 Å². The Labute approximate surface area is 94.4 Å². The van der Waals surface area contributed by atoms with Gasteiger partial charge in [0, 0.05) is 5.56 Å². The zero-order chi connectivity index (χ0) is 12.3. The molecule has 0 atom stereocenters. The second kappa shape index (κ2) is 4.52. The molecule has 1 rings (SSSR count). The number of nitrogens with two attached hydrogens (primary N) is 2. The lowest BCUT2D eigenvalue weighted by atomic mass is 10.2. The van der Waals surface area contributed by atoms with Crippen molar-refractivity contribution in [3.8, 4) is 0 Å². The second-order valence-corrected chi connectivity index (χ2v) is 5.51. The average molecular weight is 242 g/mol. The molecule has 0 saturated carbocycles. The van der Waals surface area contributed by atoms with Gasteiger partial charge in [-0.3, -0.25) is 4.79 Å². The standard InChI is InChI=1S/C10H14N2O3S/c1-2-5-16(14,15)9-6-7(10(12)13)3-4-8(9)11/h3-4,6H,2,5,11H2,1H3,(H2,12,13). The van der Waals surface area contributed by atoms with Crippen LogP contribution in [-0.4, -0.2) is 20.1 Å². The minimum atomic E-state index is -3.43. The van der Waals surface area contributed by atoms with Crippen LogP contribution in [0.1, 0.15) is 23.7 Å². The van der Waals surface area contributed by atoms with Crippen LogP contribution < -0.4 is 11.5 Å². The third-order valence-corrected chi connectivity index (χ3v) is 4.08. The highest BCUT2D eigenvalue weighted by atomic mass is 32.2. The molecule has 16 heavy (non-hydrogen) atoms. The van der Waals surface area contributed by atoms with E-state index < -0.39 is 15.7 Å². The summed E-state index contributed by atoms with van der Waals surface area (Å²) in [7, 11) is -3.43. The normalized spacial score (nSPS) is 11.3. The molecular weight excluding hydrogens is 228 g/mol. The Morgan fingerprint density at radius 2 is 2.00 bits per heavy atom. The van der Waals surface area contributed by atoms with Crippen molar-refractivity contribution in [2.75, 3.05) is 11.5 Å². The van der Waals surface area contributed by atoms with Crippen molar-refractivity contribution in [3.05, 3.63) is 23.8 Å². The Morgan fingerprint density at radius 3 is 2.50 bits per heavy atom. The molecule has 4 N–H and O–H groups in total. The molecule has 0 aromatic heterocycles. The van der Waals surface area contributed by atoms with Gasteiger partial charge in [-0.1, -0.05) is 6.92 Å². The Kier molecular flexibility index (Phi) is 3.54. The lowest BCUT2D eigenvalue weighted by Crippen LogP contribution is -2.14. The third-order valence-electron chi connectivity index (χ3n) is 2.11. The summed E-state index contributed by atoms with van der Waals surface area (Å²) in [6.45, 7) is 1.76. The maximum absolute atomic E-state index is 11.8. The number of carbonyl (C=O) groups is 1. The van der Waals surface area contributed by atoms with E-state index >= 15 is 0 Å². The largest absolute Gasteiger partial charge is 0.398 e. The number of rotatable bonds is 4. The number of benzene rings is 1. The van der Waals surface area contributed by atoms with Gasteiger partial charge in [0.1, 0.15) is 0 Å². The molecule has 0 unspecified atom stereocenters. The Morgan fingerprint density at radius 1 is 1.38 bits per heavy atom. The predicted molar refractivity (Wildman–Crippen MR) is 61.7 cm³/mol. The van der Waals surface area contributed by atoms with Crippen LogP contribution in [0.3, 0.4) is 0 Å². The number of carbonyl (C=O) groups excluding carboxylic acids is 1. The highest BCUT2D eigenvalue weighted by molar-refractivity contribution is 7.91. The molecule has 88 valence electrons. The highest BCUT2D eigenvalue weighted by Crippen LogP contribution is 2.21. The van der Waals surface area contributed by atoms with Crippen LogP contribution in [0.25, 0.3) is 0 Å². The SMILES string of the molecule is CCCS(=O)(=O)c1cc(C(N)=O)ccc1N. The van der Waals surface area contributed by atoms with Crippen LogP contribution in [0.5, 0.6) is 0 Å². The minimum absolute atomic E-state index is 0.000580. The van der Waals surface area contributed by atoms with E-state index in [0.29, 0.717) is 6.42 Å². The lowest BCUT2D eigenvalue weighted by Gasteiger charge is -2.07. The average Bonchev–Trinajstić information content (AvgIpc) is 2.17. The van der Waals surface area contributed by atoms with Gasteiger partial charge in [0.2, 0.25) is 5.91 Å². The van der Waals surface area contributed by atoms with Gasteiger partial charge in [-0.25, -0.2) is 8.42 Å². The summed E-state index contributed by atoms with van der Waals surface area (Å²) in [5.41, 5.74) is 10.9. The minimum Gasteiger partial charge on any atom is -0.398 e. The molecule has 1 aromatic rings. The summed E-state index contributed by atoms with van der Waals surface area (Å²) in [4.78, 5) is 10.9. The van der Waals surface area contributed by atoms with Crippen LogP contribution in [0.15, 0.2) is 23.1 Å². The van der Waals surface area contributed by atoms with Crippen molar-refractivity contribution in [1.29, 1.82) is 0 Å². The predicted octanol–water partition coefficient (Wildman–Crippen LogP) is 0.551. The first-order chi connectivity index (χ1) is 7.38. The molecule has 1 amide bonds. The zero-order valence-corrected chi connectivity index (χ0v) is 9.75. The van der Waals surface area contributed by atoms with Crippen molar-refractivity contribution in [2.24, 2.45) is 5.73 Å². The summed E-state index contributed by atoms with van der Waals surface area (Å²) in [6.07, 6.45) is 0.489. The Balaban J connectivity index is 3.33. The molecule has 0 heterocycles. The fraction of sp³-hybridized carbons (Fsp3) is 0.300. The number of amides is 1. The van der Waals surface area contributed by atoms with Crippen LogP contribution in [0, 0.1) is 0 Å². The molecular formula is C10H14N2O3S. The lowest BCUT2D eigenvalue weighted by molar-refractivity contribution is 0.1000. The molecule has 0 radical (unpaired) electrons. The number of hydrogen-bond acceptors (Lipinski definition) is 4. The Bertz CT molecular complexity index is 509. The number of sulfone groups is 1. The van der Waals surface area contributed by atoms with Gasteiger partial charge in [0.25, 0.3) is 0 Å². The number of nitrogen functional groups attached to an aromatic ring is 1. The summed E-state index contributed by atoms with van der Waals surface area (Å²) in [6, 6.07) is 4.01. The maximum Gasteiger partial charge on any atom is 0.248 e. The van der Waals surface area contributed by atoms with Crippen molar-refractivity contribution in [3.63, 3.8) is 0 Å². The van der Waals surface area contributed by atoms with Gasteiger partial charge < -0.3 is 11.5 Å². The summed E-state index contributed by atoms with van der Waals surface area (Å²) in [5, 5.41) is 0. The van der Waals surface area contributed by atoms with Crippen LogP contribution in [-0.2, 0) is 9.84 Å². The van der Waals surface area contributed by atoms with E-state index in [9.17, 15) is 13.2 Å². The molecule has 0 saturated heterocycles. The fourth-order valence-corrected chi connectivity index (χ4v) is 2.83. The van der Waals surface area contributed by atoms with E-state index in [0.717, 1.165) is 0 Å². The summed E-state index contributed by atoms with van der Waals surface area (Å²) in [5.74, 6) is -0.674. The molecule has 0 aliphatic rings.